The summed E-state index contributed by atoms with van der Waals surface area (Å²) in [7, 11) is 3.32. The lowest BCUT2D eigenvalue weighted by molar-refractivity contribution is 0.414. The molecule has 98 valence electrons. The first-order valence-electron chi connectivity index (χ1n) is 6.08. The molecule has 0 atom stereocenters. The monoisotopic (exact) mass is 255 g/mol. The fourth-order valence-corrected chi connectivity index (χ4v) is 1.68. The molecule has 0 radical (unpaired) electrons. The van der Waals surface area contributed by atoms with Gasteiger partial charge in [0.15, 0.2) is 0 Å². The quantitative estimate of drug-likeness (QED) is 0.767. The van der Waals surface area contributed by atoms with Crippen molar-refractivity contribution in [1.29, 1.82) is 0 Å². The van der Waals surface area contributed by atoms with Crippen molar-refractivity contribution in [3.8, 4) is 11.5 Å². The van der Waals surface area contributed by atoms with Gasteiger partial charge in [-0.25, -0.2) is 0 Å². The molecule has 0 heterocycles. The number of hydrogen-bond donors (Lipinski definition) is 0. The summed E-state index contributed by atoms with van der Waals surface area (Å²) in [6.07, 6.45) is 1.86. The van der Waals surface area contributed by atoms with E-state index in [1.807, 2.05) is 54.7 Å². The molecule has 2 aromatic carbocycles. The lowest BCUT2D eigenvalue weighted by atomic mass is 10.2. The third-order valence-corrected chi connectivity index (χ3v) is 2.79. The van der Waals surface area contributed by atoms with Gasteiger partial charge in [-0.05, 0) is 47.5 Å². The Labute approximate surface area is 113 Å². The Morgan fingerprint density at radius 2 is 1.37 bits per heavy atom. The second-order valence-electron chi connectivity index (χ2n) is 4.09. The van der Waals surface area contributed by atoms with Crippen LogP contribution in [0, 0.1) is 0 Å². The summed E-state index contributed by atoms with van der Waals surface area (Å²) in [4.78, 5) is 4.42. The van der Waals surface area contributed by atoms with E-state index in [1.54, 1.807) is 14.2 Å². The summed E-state index contributed by atoms with van der Waals surface area (Å²) in [5.41, 5.74) is 2.22. The molecule has 19 heavy (non-hydrogen) atoms. The molecule has 2 aromatic rings. The number of benzene rings is 2. The van der Waals surface area contributed by atoms with Gasteiger partial charge in [0.05, 0.1) is 20.8 Å². The van der Waals surface area contributed by atoms with E-state index < -0.39 is 0 Å². The van der Waals surface area contributed by atoms with Crippen LogP contribution in [-0.4, -0.2) is 20.4 Å². The van der Waals surface area contributed by atoms with Crippen LogP contribution in [0.1, 0.15) is 11.1 Å². The number of hydrogen-bond acceptors (Lipinski definition) is 3. The van der Waals surface area contributed by atoms with Crippen LogP contribution in [0.3, 0.4) is 0 Å². The van der Waals surface area contributed by atoms with Crippen molar-refractivity contribution < 1.29 is 9.47 Å². The average Bonchev–Trinajstić information content (AvgIpc) is 2.49. The van der Waals surface area contributed by atoms with E-state index in [-0.39, 0.29) is 0 Å². The van der Waals surface area contributed by atoms with Gasteiger partial charge in [0, 0.05) is 6.21 Å². The molecule has 0 saturated carbocycles. The summed E-state index contributed by atoms with van der Waals surface area (Å²) in [5.74, 6) is 1.72. The molecule has 0 fully saturated rings. The Balaban J connectivity index is 1.94. The molecule has 0 saturated heterocycles. The van der Waals surface area contributed by atoms with Crippen LogP contribution < -0.4 is 9.47 Å². The maximum atomic E-state index is 5.11. The zero-order chi connectivity index (χ0) is 13.5. The van der Waals surface area contributed by atoms with Crippen molar-refractivity contribution in [1.82, 2.24) is 0 Å². The number of methoxy groups -OCH3 is 2. The second kappa shape index (κ2) is 6.59. The van der Waals surface area contributed by atoms with Crippen molar-refractivity contribution >= 4 is 6.21 Å². The Morgan fingerprint density at radius 3 is 1.89 bits per heavy atom. The van der Waals surface area contributed by atoms with E-state index in [1.165, 1.54) is 0 Å². The molecular formula is C16H17NO2. The average molecular weight is 255 g/mol. The highest BCUT2D eigenvalue weighted by Gasteiger charge is 1.93. The predicted octanol–water partition coefficient (Wildman–Crippen LogP) is 3.32. The number of rotatable bonds is 5. The Morgan fingerprint density at radius 1 is 0.842 bits per heavy atom. The van der Waals surface area contributed by atoms with Crippen molar-refractivity contribution in [2.24, 2.45) is 4.99 Å². The van der Waals surface area contributed by atoms with Crippen LogP contribution in [0.15, 0.2) is 53.5 Å². The molecule has 0 aliphatic carbocycles. The molecule has 0 N–H and O–H groups in total. The minimum Gasteiger partial charge on any atom is -0.497 e. The first-order valence-corrected chi connectivity index (χ1v) is 6.08. The maximum absolute atomic E-state index is 5.11. The summed E-state index contributed by atoms with van der Waals surface area (Å²) < 4.78 is 10.2. The fraction of sp³-hybridized carbons (Fsp3) is 0.188. The van der Waals surface area contributed by atoms with Crippen LogP contribution in [0.2, 0.25) is 0 Å². The van der Waals surface area contributed by atoms with Gasteiger partial charge in [-0.1, -0.05) is 12.1 Å². The van der Waals surface area contributed by atoms with Gasteiger partial charge in [0.1, 0.15) is 11.5 Å². The molecule has 3 nitrogen and oxygen atoms in total. The molecule has 0 unspecified atom stereocenters. The largest absolute Gasteiger partial charge is 0.497 e. The zero-order valence-corrected chi connectivity index (χ0v) is 11.2. The highest BCUT2D eigenvalue weighted by atomic mass is 16.5. The van der Waals surface area contributed by atoms with E-state index >= 15 is 0 Å². The van der Waals surface area contributed by atoms with Crippen LogP contribution in [0.4, 0.5) is 0 Å². The second-order valence-corrected chi connectivity index (χ2v) is 4.09. The van der Waals surface area contributed by atoms with Crippen molar-refractivity contribution in [2.75, 3.05) is 14.2 Å². The molecular weight excluding hydrogens is 238 g/mol. The van der Waals surface area contributed by atoms with Gasteiger partial charge in [-0.2, -0.15) is 0 Å². The summed E-state index contributed by atoms with van der Waals surface area (Å²) in [6.45, 7) is 0.663. The molecule has 2 rings (SSSR count). The first-order chi connectivity index (χ1) is 9.31. The summed E-state index contributed by atoms with van der Waals surface area (Å²) in [6, 6.07) is 15.7. The standard InChI is InChI=1S/C16H17NO2/c1-18-15-7-3-13(4-8-15)11-17-12-14-5-9-16(19-2)10-6-14/h3-11H,12H2,1-2H3. The van der Waals surface area contributed by atoms with Gasteiger partial charge in [-0.15, -0.1) is 0 Å². The lowest BCUT2D eigenvalue weighted by Gasteiger charge is -2.01. The first kappa shape index (κ1) is 13.1. The van der Waals surface area contributed by atoms with Crippen LogP contribution in [0.25, 0.3) is 0 Å². The van der Waals surface area contributed by atoms with Crippen LogP contribution >= 0.6 is 0 Å². The molecule has 0 aromatic heterocycles. The summed E-state index contributed by atoms with van der Waals surface area (Å²) in [5, 5.41) is 0. The van der Waals surface area contributed by atoms with E-state index in [9.17, 15) is 0 Å². The molecule has 0 aliphatic rings. The minimum atomic E-state index is 0.663. The third kappa shape index (κ3) is 3.85. The third-order valence-electron chi connectivity index (χ3n) is 2.79. The Hall–Kier alpha value is -2.29. The highest BCUT2D eigenvalue weighted by Crippen LogP contribution is 2.12. The van der Waals surface area contributed by atoms with Crippen molar-refractivity contribution in [3.05, 3.63) is 59.7 Å². The van der Waals surface area contributed by atoms with Gasteiger partial charge < -0.3 is 9.47 Å². The molecule has 0 bridgehead atoms. The predicted molar refractivity (Wildman–Crippen MR) is 77.3 cm³/mol. The molecule has 0 spiro atoms. The van der Waals surface area contributed by atoms with Gasteiger partial charge >= 0.3 is 0 Å². The van der Waals surface area contributed by atoms with Gasteiger partial charge in [-0.3, -0.25) is 4.99 Å². The molecule has 0 amide bonds. The van der Waals surface area contributed by atoms with Gasteiger partial charge in [0.2, 0.25) is 0 Å². The Kier molecular flexibility index (Phi) is 4.56. The maximum Gasteiger partial charge on any atom is 0.118 e. The van der Waals surface area contributed by atoms with E-state index in [2.05, 4.69) is 4.99 Å². The van der Waals surface area contributed by atoms with Crippen LogP contribution in [0.5, 0.6) is 11.5 Å². The smallest absolute Gasteiger partial charge is 0.118 e. The van der Waals surface area contributed by atoms with E-state index in [0.717, 1.165) is 22.6 Å². The van der Waals surface area contributed by atoms with Gasteiger partial charge in [0.25, 0.3) is 0 Å². The fourth-order valence-electron chi connectivity index (χ4n) is 1.68. The van der Waals surface area contributed by atoms with E-state index in [4.69, 9.17) is 9.47 Å². The molecule has 3 heteroatoms. The number of ether oxygens (including phenoxy) is 2. The number of aliphatic imine (C=N–C) groups is 1. The normalized spacial score (nSPS) is 10.6. The SMILES string of the molecule is COc1ccc(C=NCc2ccc(OC)cc2)cc1. The van der Waals surface area contributed by atoms with Crippen molar-refractivity contribution in [3.63, 3.8) is 0 Å². The lowest BCUT2D eigenvalue weighted by Crippen LogP contribution is -1.87. The Bertz CT molecular complexity index is 530. The topological polar surface area (TPSA) is 30.8 Å². The van der Waals surface area contributed by atoms with E-state index in [0.29, 0.717) is 6.54 Å². The summed E-state index contributed by atoms with van der Waals surface area (Å²) >= 11 is 0. The van der Waals surface area contributed by atoms with Crippen LogP contribution in [-0.2, 0) is 6.54 Å². The highest BCUT2D eigenvalue weighted by molar-refractivity contribution is 5.79. The number of nitrogens with zero attached hydrogens (tertiary/aromatic N) is 1. The van der Waals surface area contributed by atoms with Crippen molar-refractivity contribution in [2.45, 2.75) is 6.54 Å². The molecule has 0 aliphatic heterocycles. The zero-order valence-electron chi connectivity index (χ0n) is 11.2. The minimum absolute atomic E-state index is 0.663.